The smallest absolute Gasteiger partial charge is 0.0685 e. The van der Waals surface area contributed by atoms with Gasteiger partial charge < -0.3 is 5.21 Å². The van der Waals surface area contributed by atoms with Crippen LogP contribution in [0.4, 0.5) is 0 Å². The van der Waals surface area contributed by atoms with Crippen LogP contribution in [0.3, 0.4) is 0 Å². The van der Waals surface area contributed by atoms with E-state index in [-0.39, 0.29) is 5.92 Å². The average Bonchev–Trinajstić information content (AvgIpc) is 2.63. The van der Waals surface area contributed by atoms with Crippen molar-refractivity contribution in [3.63, 3.8) is 0 Å². The molecule has 0 aromatic heterocycles. The predicted octanol–water partition coefficient (Wildman–Crippen LogP) is 5.11. The Balaban J connectivity index is 1.86. The first-order valence-corrected chi connectivity index (χ1v) is 8.42. The van der Waals surface area contributed by atoms with Crippen LogP contribution < -0.4 is 0 Å². The molecule has 0 unspecified atom stereocenters. The second kappa shape index (κ2) is 6.04. The summed E-state index contributed by atoms with van der Waals surface area (Å²) in [7, 11) is 0. The largest absolute Gasteiger partial charge is 0.411 e. The molecule has 2 bridgehead atoms. The van der Waals surface area contributed by atoms with E-state index < -0.39 is 0 Å². The lowest BCUT2D eigenvalue weighted by molar-refractivity contribution is 0.301. The Hall–Kier alpha value is -2.35. The van der Waals surface area contributed by atoms with Crippen molar-refractivity contribution >= 4 is 11.3 Å². The molecule has 2 aliphatic rings. The zero-order valence-corrected chi connectivity index (χ0v) is 13.1. The molecular weight excluding hydrogens is 282 g/mol. The zero-order chi connectivity index (χ0) is 15.6. The number of nitrogens with zero attached hydrogens (tertiary/aromatic N) is 1. The highest BCUT2D eigenvalue weighted by Crippen LogP contribution is 2.48. The van der Waals surface area contributed by atoms with Gasteiger partial charge in [-0.1, -0.05) is 78.3 Å². The highest BCUT2D eigenvalue weighted by Gasteiger charge is 2.40. The second-order valence-electron chi connectivity index (χ2n) is 6.54. The van der Waals surface area contributed by atoms with Gasteiger partial charge >= 0.3 is 0 Å². The zero-order valence-electron chi connectivity index (χ0n) is 13.1. The van der Waals surface area contributed by atoms with Crippen LogP contribution in [0.2, 0.25) is 0 Å². The Bertz CT molecular complexity index is 733. The van der Waals surface area contributed by atoms with E-state index in [0.29, 0.717) is 11.8 Å². The molecule has 1 saturated carbocycles. The summed E-state index contributed by atoms with van der Waals surface area (Å²) in [5.74, 6) is 0.892. The second-order valence-corrected chi connectivity index (χ2v) is 6.54. The fourth-order valence-corrected chi connectivity index (χ4v) is 4.28. The minimum absolute atomic E-state index is 0.265. The Labute approximate surface area is 137 Å². The molecule has 2 aromatic carbocycles. The van der Waals surface area contributed by atoms with Crippen LogP contribution in [-0.4, -0.2) is 10.9 Å². The number of hydrogen-bond donors (Lipinski definition) is 1. The summed E-state index contributed by atoms with van der Waals surface area (Å²) >= 11 is 0. The van der Waals surface area contributed by atoms with Gasteiger partial charge in [-0.05, 0) is 29.5 Å². The van der Waals surface area contributed by atoms with Gasteiger partial charge in [-0.2, -0.15) is 0 Å². The Morgan fingerprint density at radius 3 is 2.26 bits per heavy atom. The fraction of sp³-hybridized carbons (Fsp3) is 0.286. The molecule has 0 spiro atoms. The third kappa shape index (κ3) is 2.48. The highest BCUT2D eigenvalue weighted by atomic mass is 16.4. The van der Waals surface area contributed by atoms with E-state index in [2.05, 4.69) is 65.8 Å². The van der Waals surface area contributed by atoms with Crippen LogP contribution in [0.1, 0.15) is 36.3 Å². The number of fused-ring (bicyclic) bond motifs is 2. The molecule has 0 saturated heterocycles. The predicted molar refractivity (Wildman–Crippen MR) is 93.7 cm³/mol. The van der Waals surface area contributed by atoms with E-state index in [4.69, 9.17) is 0 Å². The van der Waals surface area contributed by atoms with Crippen molar-refractivity contribution in [1.82, 2.24) is 0 Å². The number of allylic oxidation sites excluding steroid dienone is 2. The minimum Gasteiger partial charge on any atom is -0.411 e. The summed E-state index contributed by atoms with van der Waals surface area (Å²) in [6.07, 6.45) is 5.81. The third-order valence-electron chi connectivity index (χ3n) is 5.32. The Morgan fingerprint density at radius 1 is 0.870 bits per heavy atom. The van der Waals surface area contributed by atoms with Gasteiger partial charge in [-0.15, -0.1) is 0 Å². The lowest BCUT2D eigenvalue weighted by atomic mass is 9.63. The highest BCUT2D eigenvalue weighted by molar-refractivity contribution is 6.01. The molecule has 2 nitrogen and oxygen atoms in total. The molecule has 1 fully saturated rings. The van der Waals surface area contributed by atoms with Crippen LogP contribution >= 0.6 is 0 Å². The van der Waals surface area contributed by atoms with E-state index >= 15 is 0 Å². The van der Waals surface area contributed by atoms with E-state index in [9.17, 15) is 5.21 Å². The lowest BCUT2D eigenvalue weighted by Crippen LogP contribution is -2.36. The summed E-state index contributed by atoms with van der Waals surface area (Å²) in [6.45, 7) is 0. The lowest BCUT2D eigenvalue weighted by Gasteiger charge is -2.40. The maximum Gasteiger partial charge on any atom is 0.0685 e. The van der Waals surface area contributed by atoms with Gasteiger partial charge in [0, 0.05) is 17.8 Å². The van der Waals surface area contributed by atoms with Crippen molar-refractivity contribution in [2.45, 2.75) is 25.2 Å². The van der Waals surface area contributed by atoms with Crippen molar-refractivity contribution < 1.29 is 5.21 Å². The molecular formula is C21H21NO. The monoisotopic (exact) mass is 303 g/mol. The number of oxime groups is 1. The summed E-state index contributed by atoms with van der Waals surface area (Å²) in [4.78, 5) is 0. The molecule has 23 heavy (non-hydrogen) atoms. The van der Waals surface area contributed by atoms with Gasteiger partial charge in [0.05, 0.1) is 5.71 Å². The summed E-state index contributed by atoms with van der Waals surface area (Å²) in [5.41, 5.74) is 4.86. The van der Waals surface area contributed by atoms with Gasteiger partial charge in [-0.3, -0.25) is 0 Å². The maximum atomic E-state index is 9.69. The molecule has 4 rings (SSSR count). The molecule has 0 heterocycles. The molecule has 2 heteroatoms. The minimum atomic E-state index is 0.265. The Kier molecular flexibility index (Phi) is 3.74. The van der Waals surface area contributed by atoms with Crippen molar-refractivity contribution in [2.24, 2.45) is 17.0 Å². The summed E-state index contributed by atoms with van der Waals surface area (Å²) < 4.78 is 0. The van der Waals surface area contributed by atoms with Gasteiger partial charge in [0.15, 0.2) is 0 Å². The van der Waals surface area contributed by atoms with E-state index in [1.807, 2.05) is 6.07 Å². The normalized spacial score (nSPS) is 28.4. The first-order valence-electron chi connectivity index (χ1n) is 8.42. The molecule has 2 aliphatic carbocycles. The molecule has 116 valence electrons. The first kappa shape index (κ1) is 14.3. The average molecular weight is 303 g/mol. The van der Waals surface area contributed by atoms with Crippen molar-refractivity contribution in [3.05, 3.63) is 77.9 Å². The van der Waals surface area contributed by atoms with Crippen molar-refractivity contribution in [3.8, 4) is 0 Å². The number of hydrogen-bond acceptors (Lipinski definition) is 2. The van der Waals surface area contributed by atoms with Gasteiger partial charge in [-0.25, -0.2) is 0 Å². The van der Waals surface area contributed by atoms with Crippen LogP contribution in [0.5, 0.6) is 0 Å². The molecule has 0 aliphatic heterocycles. The molecule has 1 N–H and O–H groups in total. The van der Waals surface area contributed by atoms with Gasteiger partial charge in [0.2, 0.25) is 0 Å². The molecule has 0 radical (unpaired) electrons. The molecule has 0 amide bonds. The summed E-state index contributed by atoms with van der Waals surface area (Å²) in [5, 5.41) is 13.4. The van der Waals surface area contributed by atoms with Crippen molar-refractivity contribution in [1.29, 1.82) is 0 Å². The van der Waals surface area contributed by atoms with Crippen LogP contribution in [0.25, 0.3) is 5.57 Å². The fourth-order valence-electron chi connectivity index (χ4n) is 4.28. The number of rotatable bonds is 2. The van der Waals surface area contributed by atoms with Crippen LogP contribution in [0, 0.1) is 11.8 Å². The summed E-state index contributed by atoms with van der Waals surface area (Å²) in [6, 6.07) is 21.2. The standard InChI is InChI=1S/C21H21NO/c23-22-21-17-12-7-13-18(21)20(16-10-5-2-6-11-16)14-19(17)15-8-3-1-4-9-15/h1-6,8-11,14,17-19,23H,7,12-13H2/b22-21+/t17-,18-,19+/m0/s1. The Morgan fingerprint density at radius 2 is 1.57 bits per heavy atom. The van der Waals surface area contributed by atoms with Crippen molar-refractivity contribution in [2.75, 3.05) is 0 Å². The number of benzene rings is 2. The topological polar surface area (TPSA) is 32.6 Å². The van der Waals surface area contributed by atoms with Crippen LogP contribution in [-0.2, 0) is 0 Å². The first-order chi connectivity index (χ1) is 11.4. The molecule has 2 aromatic rings. The van der Waals surface area contributed by atoms with E-state index in [0.717, 1.165) is 18.6 Å². The van der Waals surface area contributed by atoms with E-state index in [1.165, 1.54) is 23.1 Å². The third-order valence-corrected chi connectivity index (χ3v) is 5.32. The quantitative estimate of drug-likeness (QED) is 0.606. The van der Waals surface area contributed by atoms with Gasteiger partial charge in [0.25, 0.3) is 0 Å². The van der Waals surface area contributed by atoms with Gasteiger partial charge in [0.1, 0.15) is 0 Å². The maximum absolute atomic E-state index is 9.69. The molecule has 3 atom stereocenters. The van der Waals surface area contributed by atoms with Crippen LogP contribution in [0.15, 0.2) is 71.9 Å². The van der Waals surface area contributed by atoms with E-state index in [1.54, 1.807) is 0 Å². The SMILES string of the molecule is O/N=C1\[C@H]2CCC[C@H]1C(c1ccccc1)=C[C@@H]2c1ccccc1.